The number of unbranched alkanes of at least 4 members (excludes halogenated alkanes) is 1. The maximum Gasteiger partial charge on any atom is 0.430 e. The quantitative estimate of drug-likeness (QED) is 0.135. The van der Waals surface area contributed by atoms with Crippen LogP contribution in [0.15, 0.2) is 42.5 Å². The van der Waals surface area contributed by atoms with Gasteiger partial charge in [0, 0.05) is 17.7 Å². The minimum absolute atomic E-state index is 0.00164. The van der Waals surface area contributed by atoms with Gasteiger partial charge in [0.1, 0.15) is 17.0 Å². The minimum atomic E-state index is -6.02. The Balaban J connectivity index is 1.73. The van der Waals surface area contributed by atoms with Crippen molar-refractivity contribution in [1.29, 1.82) is 0 Å². The maximum atomic E-state index is 13.6. The zero-order valence-corrected chi connectivity index (χ0v) is 25.7. The van der Waals surface area contributed by atoms with Gasteiger partial charge in [-0.3, -0.25) is 9.69 Å². The smallest absolute Gasteiger partial charge is 0.430 e. The Morgan fingerprint density at radius 1 is 1.02 bits per heavy atom. The number of imide groups is 1. The molecule has 1 saturated heterocycles. The SMILES string of the molecule is C/C=C/c1cc(C(O)(C(F)(F)F)C(F)(F)F)cc(CCC)c1OCCCCN1C(=O)NC(C)(c2ccc(OC(C)C)cc2)C1=O. The summed E-state index contributed by atoms with van der Waals surface area (Å²) in [5, 5.41) is 12.7. The number of carbonyl (C=O) groups is 2. The van der Waals surface area contributed by atoms with E-state index in [1.165, 1.54) is 19.1 Å². The number of rotatable bonds is 13. The number of hydrogen-bond acceptors (Lipinski definition) is 5. The molecule has 1 heterocycles. The third-order valence-corrected chi connectivity index (χ3v) is 7.40. The van der Waals surface area contributed by atoms with E-state index in [1.54, 1.807) is 38.1 Å². The summed E-state index contributed by atoms with van der Waals surface area (Å²) in [5.74, 6) is 0.276. The highest BCUT2D eigenvalue weighted by molar-refractivity contribution is 6.07. The molecule has 1 aliphatic rings. The zero-order chi connectivity index (χ0) is 33.8. The molecule has 0 saturated carbocycles. The molecular formula is C32H38F6N2O5. The fraction of sp³-hybridized carbons (Fsp3) is 0.500. The fourth-order valence-corrected chi connectivity index (χ4v) is 5.13. The molecule has 2 N–H and O–H groups in total. The van der Waals surface area contributed by atoms with Gasteiger partial charge in [-0.05, 0) is 82.3 Å². The summed E-state index contributed by atoms with van der Waals surface area (Å²) in [7, 11) is 0. The summed E-state index contributed by atoms with van der Waals surface area (Å²) in [6.45, 7) is 8.67. The predicted molar refractivity (Wildman–Crippen MR) is 156 cm³/mol. The summed E-state index contributed by atoms with van der Waals surface area (Å²) >= 11 is 0. The van der Waals surface area contributed by atoms with Crippen LogP contribution in [-0.2, 0) is 22.4 Å². The van der Waals surface area contributed by atoms with Crippen LogP contribution in [0.3, 0.4) is 0 Å². The van der Waals surface area contributed by atoms with E-state index >= 15 is 0 Å². The summed E-state index contributed by atoms with van der Waals surface area (Å²) < 4.78 is 93.2. The molecule has 45 heavy (non-hydrogen) atoms. The topological polar surface area (TPSA) is 88.1 Å². The van der Waals surface area contributed by atoms with Crippen molar-refractivity contribution >= 4 is 18.0 Å². The zero-order valence-electron chi connectivity index (χ0n) is 25.7. The van der Waals surface area contributed by atoms with Crippen molar-refractivity contribution in [3.05, 3.63) is 64.7 Å². The molecule has 248 valence electrons. The van der Waals surface area contributed by atoms with E-state index in [0.29, 0.717) is 42.7 Å². The van der Waals surface area contributed by atoms with Crippen LogP contribution in [0.1, 0.15) is 76.1 Å². The molecule has 2 aromatic carbocycles. The van der Waals surface area contributed by atoms with Crippen molar-refractivity contribution in [2.24, 2.45) is 0 Å². The molecule has 1 aliphatic heterocycles. The van der Waals surface area contributed by atoms with Crippen LogP contribution in [0.5, 0.6) is 11.5 Å². The van der Waals surface area contributed by atoms with Gasteiger partial charge in [0.15, 0.2) is 0 Å². The number of nitrogens with one attached hydrogen (secondary N) is 1. The third kappa shape index (κ3) is 7.40. The Bertz CT molecular complexity index is 1370. The lowest BCUT2D eigenvalue weighted by Crippen LogP contribution is -2.54. The van der Waals surface area contributed by atoms with E-state index < -0.39 is 41.0 Å². The van der Waals surface area contributed by atoms with E-state index in [0.717, 1.165) is 4.90 Å². The number of ether oxygens (including phenoxy) is 2. The Morgan fingerprint density at radius 3 is 2.18 bits per heavy atom. The number of aliphatic hydroxyl groups is 1. The first-order valence-electron chi connectivity index (χ1n) is 14.6. The Labute approximate surface area is 258 Å². The van der Waals surface area contributed by atoms with Crippen molar-refractivity contribution in [3.8, 4) is 11.5 Å². The largest absolute Gasteiger partial charge is 0.493 e. The lowest BCUT2D eigenvalue weighted by atomic mass is 9.88. The van der Waals surface area contributed by atoms with Crippen molar-refractivity contribution in [1.82, 2.24) is 10.2 Å². The molecule has 13 heteroatoms. The number of carbonyl (C=O) groups excluding carboxylic acids is 2. The molecule has 0 radical (unpaired) electrons. The van der Waals surface area contributed by atoms with Gasteiger partial charge in [-0.1, -0.05) is 37.6 Å². The Morgan fingerprint density at radius 2 is 1.64 bits per heavy atom. The highest BCUT2D eigenvalue weighted by Gasteiger charge is 2.71. The van der Waals surface area contributed by atoms with E-state index in [2.05, 4.69) is 5.32 Å². The van der Waals surface area contributed by atoms with Crippen LogP contribution in [0.4, 0.5) is 31.1 Å². The highest BCUT2D eigenvalue weighted by Crippen LogP contribution is 2.51. The van der Waals surface area contributed by atoms with Gasteiger partial charge in [-0.2, -0.15) is 26.3 Å². The van der Waals surface area contributed by atoms with E-state index in [1.807, 2.05) is 13.8 Å². The first kappa shape index (κ1) is 35.7. The number of hydrogen-bond donors (Lipinski definition) is 2. The number of amides is 3. The van der Waals surface area contributed by atoms with Crippen LogP contribution < -0.4 is 14.8 Å². The van der Waals surface area contributed by atoms with Gasteiger partial charge in [-0.15, -0.1) is 0 Å². The van der Waals surface area contributed by atoms with Crippen LogP contribution in [0.25, 0.3) is 6.08 Å². The first-order valence-corrected chi connectivity index (χ1v) is 14.6. The average molecular weight is 645 g/mol. The van der Waals surface area contributed by atoms with Gasteiger partial charge in [0.25, 0.3) is 11.5 Å². The van der Waals surface area contributed by atoms with Gasteiger partial charge in [0.05, 0.1) is 12.7 Å². The molecule has 7 nitrogen and oxygen atoms in total. The lowest BCUT2D eigenvalue weighted by molar-refractivity contribution is -0.376. The van der Waals surface area contributed by atoms with E-state index in [9.17, 15) is 41.0 Å². The van der Waals surface area contributed by atoms with Gasteiger partial charge < -0.3 is 19.9 Å². The van der Waals surface area contributed by atoms with Crippen molar-refractivity contribution < 1.29 is 50.5 Å². The minimum Gasteiger partial charge on any atom is -0.493 e. The summed E-state index contributed by atoms with van der Waals surface area (Å²) in [4.78, 5) is 27.1. The summed E-state index contributed by atoms with van der Waals surface area (Å²) in [6.07, 6.45) is -8.24. The molecule has 0 aromatic heterocycles. The number of benzene rings is 2. The molecule has 0 spiro atoms. The van der Waals surface area contributed by atoms with Crippen LogP contribution in [-0.4, -0.2) is 53.6 Å². The van der Waals surface area contributed by atoms with Crippen LogP contribution in [0, 0.1) is 0 Å². The second-order valence-electron chi connectivity index (χ2n) is 11.3. The fourth-order valence-electron chi connectivity index (χ4n) is 5.13. The molecule has 3 rings (SSSR count). The molecule has 1 atom stereocenters. The summed E-state index contributed by atoms with van der Waals surface area (Å²) in [5.41, 5.74) is -7.11. The molecular weight excluding hydrogens is 606 g/mol. The number of alkyl halides is 6. The number of urea groups is 1. The molecule has 0 aliphatic carbocycles. The summed E-state index contributed by atoms with van der Waals surface area (Å²) in [6, 6.07) is 7.59. The average Bonchev–Trinajstić information content (AvgIpc) is 3.15. The highest BCUT2D eigenvalue weighted by atomic mass is 19.4. The third-order valence-electron chi connectivity index (χ3n) is 7.40. The molecule has 3 amide bonds. The Hall–Kier alpha value is -3.74. The first-order chi connectivity index (χ1) is 20.9. The van der Waals surface area contributed by atoms with Gasteiger partial charge in [0.2, 0.25) is 0 Å². The number of halogens is 6. The van der Waals surface area contributed by atoms with Crippen molar-refractivity contribution in [2.75, 3.05) is 13.2 Å². The van der Waals surface area contributed by atoms with E-state index in [-0.39, 0.29) is 42.6 Å². The maximum absolute atomic E-state index is 13.6. The van der Waals surface area contributed by atoms with Crippen molar-refractivity contribution in [3.63, 3.8) is 0 Å². The van der Waals surface area contributed by atoms with E-state index in [4.69, 9.17) is 9.47 Å². The van der Waals surface area contributed by atoms with Crippen LogP contribution in [0.2, 0.25) is 0 Å². The normalized spacial score (nSPS) is 17.8. The van der Waals surface area contributed by atoms with Crippen molar-refractivity contribution in [2.45, 2.75) is 89.9 Å². The number of nitrogens with zero attached hydrogens (tertiary/aromatic N) is 1. The predicted octanol–water partition coefficient (Wildman–Crippen LogP) is 7.40. The number of allylic oxidation sites excluding steroid dienone is 1. The molecule has 2 aromatic rings. The molecule has 1 unspecified atom stereocenters. The monoisotopic (exact) mass is 644 g/mol. The van der Waals surface area contributed by atoms with Crippen LogP contribution >= 0.6 is 0 Å². The van der Waals surface area contributed by atoms with Gasteiger partial charge in [-0.25, -0.2) is 4.79 Å². The molecule has 0 bridgehead atoms. The van der Waals surface area contributed by atoms with Gasteiger partial charge >= 0.3 is 18.4 Å². The second-order valence-corrected chi connectivity index (χ2v) is 11.3. The standard InChI is InChI=1S/C32H38F6N2O5/c1-6-10-21-18-24(30(43,31(33,34)35)32(36,37)38)19-22(11-7-2)26(21)44-17-9-8-16-40-27(41)29(5,39-28(40)42)23-12-14-25(15-13-23)45-20(3)4/h6,10,12-15,18-20,43H,7-9,11,16-17H2,1-5H3,(H,39,42)/b10-6+. The molecule has 1 fully saturated rings. The second kappa shape index (κ2) is 13.7. The Kier molecular flexibility index (Phi) is 10.9. The number of aryl methyl sites for hydroxylation is 1. The lowest BCUT2D eigenvalue weighted by Gasteiger charge is -2.33.